The molecule has 7 rings (SSSR count). The molecule has 0 unspecified atom stereocenters. The lowest BCUT2D eigenvalue weighted by molar-refractivity contribution is -0.385. The Labute approximate surface area is 320 Å². The molecule has 0 saturated carbocycles. The Bertz CT molecular complexity index is 2720. The van der Waals surface area contributed by atoms with Crippen molar-refractivity contribution < 1.29 is 37.9 Å². The molecule has 0 atom stereocenters. The van der Waals surface area contributed by atoms with E-state index in [2.05, 4.69) is 32.6 Å². The van der Waals surface area contributed by atoms with Crippen molar-refractivity contribution in [2.24, 2.45) is 0 Å². The average molecular weight is 820 g/mol. The zero-order valence-electron chi connectivity index (χ0n) is 28.7. The number of nitrogens with two attached hydrogens (primary N) is 2. The van der Waals surface area contributed by atoms with Gasteiger partial charge in [0, 0.05) is 43.0 Å². The highest BCUT2D eigenvalue weighted by molar-refractivity contribution is 6.93. The SMILES string of the molecule is CCn1c(=O)oc2cc(N)ccc21.CCn1c(=O)oc2cc([N+](=O)[O-])ccc21.Nc1ccc([N+](=O)[O-])cc1O.O=C(Cl)Cl.O=c1[nH]c2ccc([N+](=O)[O-])cc2o1. The number of nitro benzene ring substituents is 3. The Morgan fingerprint density at radius 1 is 0.696 bits per heavy atom. The standard InChI is InChI=1S/C9H8N2O4.C9H10N2O2.C7H4N2O4.C6H6N2O3.CCl2O/c1-2-10-7-4-3-6(11(13)14)5-8(7)15-9(10)12;1-2-11-7-4-3-6(10)5-8(7)13-9(11)12;10-7-8-5-2-1-4(9(11)12)3-6(5)13-7;7-5-2-1-4(8(10)11)3-6(5)9;2-1(3)4/h3-5H,2H2,1H3;3-5H,2,10H2,1H3;1-3H,(H,8,10);1-3,9H,7H2;. The van der Waals surface area contributed by atoms with E-state index in [-0.39, 0.29) is 45.4 Å². The number of aryl methyl sites for hydroxylation is 2. The van der Waals surface area contributed by atoms with Gasteiger partial charge in [0.2, 0.25) is 0 Å². The molecular weight excluding hydrogens is 791 g/mol. The number of non-ortho nitro benzene ring substituents is 3. The average Bonchev–Trinajstić information content (AvgIpc) is 3.78. The highest BCUT2D eigenvalue weighted by atomic mass is 35.5. The number of H-pyrrole nitrogens is 1. The van der Waals surface area contributed by atoms with Crippen LogP contribution in [0.3, 0.4) is 0 Å². The summed E-state index contributed by atoms with van der Waals surface area (Å²) in [4.78, 5) is 73.8. The van der Waals surface area contributed by atoms with Crippen LogP contribution in [-0.2, 0) is 13.1 Å². The summed E-state index contributed by atoms with van der Waals surface area (Å²) >= 11 is 8.80. The topological polar surface area (TPSA) is 335 Å². The van der Waals surface area contributed by atoms with E-state index in [4.69, 9.17) is 30.2 Å². The van der Waals surface area contributed by atoms with Gasteiger partial charge in [-0.25, -0.2) is 14.4 Å². The molecule has 0 aliphatic heterocycles. The van der Waals surface area contributed by atoms with Crippen LogP contribution in [0, 0.1) is 30.3 Å². The first kappa shape index (κ1) is 42.9. The van der Waals surface area contributed by atoms with E-state index in [9.17, 15) is 44.7 Å². The number of phenols is 1. The van der Waals surface area contributed by atoms with Gasteiger partial charge in [-0.2, -0.15) is 0 Å². The molecule has 6 N–H and O–H groups in total. The second-order valence-corrected chi connectivity index (χ2v) is 11.4. The van der Waals surface area contributed by atoms with Crippen molar-refractivity contribution in [2.45, 2.75) is 26.9 Å². The maximum atomic E-state index is 11.3. The maximum absolute atomic E-state index is 11.3. The molecule has 0 bridgehead atoms. The van der Waals surface area contributed by atoms with Crippen molar-refractivity contribution in [1.29, 1.82) is 0 Å². The van der Waals surface area contributed by atoms with Gasteiger partial charge >= 0.3 is 22.0 Å². The second-order valence-electron chi connectivity index (χ2n) is 10.5. The van der Waals surface area contributed by atoms with Crippen LogP contribution in [0.4, 0.5) is 33.2 Å². The van der Waals surface area contributed by atoms with Crippen LogP contribution in [0.1, 0.15) is 13.8 Å². The van der Waals surface area contributed by atoms with Crippen LogP contribution < -0.4 is 28.7 Å². The van der Waals surface area contributed by atoms with Crippen LogP contribution in [-0.4, -0.2) is 38.7 Å². The van der Waals surface area contributed by atoms with E-state index in [1.807, 2.05) is 6.92 Å². The molecule has 0 radical (unpaired) electrons. The Kier molecular flexibility index (Phi) is 14.6. The number of fused-ring (bicyclic) bond motifs is 3. The van der Waals surface area contributed by atoms with Gasteiger partial charge in [-0.05, 0) is 67.4 Å². The largest absolute Gasteiger partial charge is 0.506 e. The molecule has 24 heteroatoms. The lowest BCUT2D eigenvalue weighted by Crippen LogP contribution is -2.11. The highest BCUT2D eigenvalue weighted by Gasteiger charge is 2.13. The van der Waals surface area contributed by atoms with E-state index in [0.717, 1.165) is 11.6 Å². The second kappa shape index (κ2) is 19.0. The highest BCUT2D eigenvalue weighted by Crippen LogP contribution is 2.25. The first-order chi connectivity index (χ1) is 26.4. The quantitative estimate of drug-likeness (QED) is 0.0492. The molecule has 3 heterocycles. The maximum Gasteiger partial charge on any atom is 0.419 e. The van der Waals surface area contributed by atoms with Crippen molar-refractivity contribution in [3.63, 3.8) is 0 Å². The molecule has 0 aliphatic rings. The van der Waals surface area contributed by atoms with Gasteiger partial charge in [-0.15, -0.1) is 0 Å². The number of nitrogens with one attached hydrogen (secondary N) is 1. The number of halogens is 2. The van der Waals surface area contributed by atoms with Gasteiger partial charge in [0.25, 0.3) is 17.1 Å². The zero-order valence-corrected chi connectivity index (χ0v) is 30.3. The van der Waals surface area contributed by atoms with Gasteiger partial charge in [-0.1, -0.05) is 0 Å². The van der Waals surface area contributed by atoms with Gasteiger partial charge < -0.3 is 29.8 Å². The molecule has 4 aromatic carbocycles. The third kappa shape index (κ3) is 11.3. The molecule has 3 aromatic heterocycles. The van der Waals surface area contributed by atoms with Crippen LogP contribution >= 0.6 is 23.2 Å². The van der Waals surface area contributed by atoms with Gasteiger partial charge in [0.1, 0.15) is 5.75 Å². The first-order valence-electron chi connectivity index (χ1n) is 15.4. The molecule has 22 nitrogen and oxygen atoms in total. The van der Waals surface area contributed by atoms with Crippen LogP contribution in [0.5, 0.6) is 5.75 Å². The third-order valence-electron chi connectivity index (χ3n) is 7.03. The van der Waals surface area contributed by atoms with Gasteiger partial charge in [-0.3, -0.25) is 49.3 Å². The van der Waals surface area contributed by atoms with Crippen molar-refractivity contribution in [3.05, 3.63) is 135 Å². The minimum Gasteiger partial charge on any atom is -0.506 e. The minimum atomic E-state index is -0.889. The number of benzene rings is 4. The van der Waals surface area contributed by atoms with Crippen LogP contribution in [0.15, 0.2) is 100 Å². The number of oxazole rings is 3. The number of aromatic hydroxyl groups is 1. The predicted molar refractivity (Wildman–Crippen MR) is 203 cm³/mol. The first-order valence-corrected chi connectivity index (χ1v) is 16.1. The van der Waals surface area contributed by atoms with E-state index < -0.39 is 31.0 Å². The number of carbonyl (C=O) groups is 1. The number of phenolic OH excluding ortho intramolecular Hbond substituents is 1. The van der Waals surface area contributed by atoms with Crippen molar-refractivity contribution in [1.82, 2.24) is 14.1 Å². The number of carbonyl (C=O) groups excluding carboxylic acids is 1. The number of anilines is 2. The van der Waals surface area contributed by atoms with Crippen molar-refractivity contribution in [3.8, 4) is 5.75 Å². The third-order valence-corrected chi connectivity index (χ3v) is 7.03. The van der Waals surface area contributed by atoms with Crippen LogP contribution in [0.25, 0.3) is 33.3 Å². The summed E-state index contributed by atoms with van der Waals surface area (Å²) in [6.07, 6.45) is 0. The number of aromatic nitrogens is 3. The molecule has 7 aromatic rings. The molecular formula is C32H28Cl2N8O14. The summed E-state index contributed by atoms with van der Waals surface area (Å²) in [5, 5.41) is 39.8. The molecule has 0 fully saturated rings. The Balaban J connectivity index is 0.000000195. The number of nitrogen functional groups attached to an aromatic ring is 2. The summed E-state index contributed by atoms with van der Waals surface area (Å²) in [5.41, 5.74) is 14.0. The molecule has 0 saturated heterocycles. The summed E-state index contributed by atoms with van der Waals surface area (Å²) in [6, 6.07) is 16.8. The number of aromatic amines is 1. The van der Waals surface area contributed by atoms with Gasteiger partial charge in [0.05, 0.1) is 55.2 Å². The predicted octanol–water partition coefficient (Wildman–Crippen LogP) is 6.22. The Morgan fingerprint density at radius 3 is 1.61 bits per heavy atom. The zero-order chi connectivity index (χ0) is 41.9. The van der Waals surface area contributed by atoms with E-state index in [1.54, 1.807) is 29.7 Å². The number of hydrogen-bond acceptors (Lipinski definition) is 16. The molecule has 56 heavy (non-hydrogen) atoms. The van der Waals surface area contributed by atoms with Crippen molar-refractivity contribution in [2.75, 3.05) is 11.5 Å². The lowest BCUT2D eigenvalue weighted by Gasteiger charge is -1.95. The summed E-state index contributed by atoms with van der Waals surface area (Å²) < 4.78 is 16.6. The fourth-order valence-electron chi connectivity index (χ4n) is 4.54. The van der Waals surface area contributed by atoms with E-state index in [1.165, 1.54) is 53.1 Å². The number of nitrogens with zero attached hydrogens (tertiary/aromatic N) is 5. The Hall–Kier alpha value is -7.46. The summed E-state index contributed by atoms with van der Waals surface area (Å²) in [5.74, 6) is -1.70. The van der Waals surface area contributed by atoms with Crippen molar-refractivity contribution >= 4 is 89.6 Å². The normalized spacial score (nSPS) is 10.1. The van der Waals surface area contributed by atoms with E-state index in [0.29, 0.717) is 35.4 Å². The van der Waals surface area contributed by atoms with E-state index >= 15 is 0 Å². The number of rotatable bonds is 5. The molecule has 0 aliphatic carbocycles. The van der Waals surface area contributed by atoms with Gasteiger partial charge in [0.15, 0.2) is 16.7 Å². The fourth-order valence-corrected chi connectivity index (χ4v) is 4.54. The lowest BCUT2D eigenvalue weighted by atomic mass is 10.3. The number of nitro groups is 3. The summed E-state index contributed by atoms with van der Waals surface area (Å²) in [7, 11) is 0. The molecule has 0 amide bonds. The molecule has 294 valence electrons. The van der Waals surface area contributed by atoms with Crippen LogP contribution in [0.2, 0.25) is 0 Å². The Morgan fingerprint density at radius 2 is 1.12 bits per heavy atom. The summed E-state index contributed by atoms with van der Waals surface area (Å²) in [6.45, 7) is 4.78. The molecule has 0 spiro atoms. The fraction of sp³-hybridized carbons (Fsp3) is 0.125. The minimum absolute atomic E-state index is 0.0838. The monoisotopic (exact) mass is 818 g/mol. The smallest absolute Gasteiger partial charge is 0.419 e. The number of hydrogen-bond donors (Lipinski definition) is 4.